The van der Waals surface area contributed by atoms with Crippen molar-refractivity contribution < 1.29 is 9.59 Å². The van der Waals surface area contributed by atoms with Crippen LogP contribution in [-0.4, -0.2) is 77.2 Å². The lowest BCUT2D eigenvalue weighted by Crippen LogP contribution is -2.65. The fourth-order valence-electron chi connectivity index (χ4n) is 5.65. The second-order valence-corrected chi connectivity index (χ2v) is 8.47. The number of hydrogen-bond donors (Lipinski definition) is 1. The second-order valence-electron chi connectivity index (χ2n) is 8.47. The molecule has 2 amide bonds. The van der Waals surface area contributed by atoms with E-state index in [2.05, 4.69) is 37.5 Å². The number of tetrazole rings is 1. The zero-order valence-corrected chi connectivity index (χ0v) is 16.6. The maximum absolute atomic E-state index is 13.4. The molecule has 4 atom stereocenters. The number of piperidine rings is 3. The molecule has 3 saturated heterocycles. The van der Waals surface area contributed by atoms with Gasteiger partial charge < -0.3 is 9.80 Å². The summed E-state index contributed by atoms with van der Waals surface area (Å²) in [5, 5.41) is 18.0. The smallest absolute Gasteiger partial charge is 0.259 e. The minimum Gasteiger partial charge on any atom is -0.338 e. The van der Waals surface area contributed by atoms with Crippen molar-refractivity contribution in [3.63, 3.8) is 0 Å². The predicted molar refractivity (Wildman–Crippen MR) is 102 cm³/mol. The summed E-state index contributed by atoms with van der Waals surface area (Å²) in [5.41, 5.74) is 0.473. The molecule has 0 aliphatic carbocycles. The number of fused-ring (bicyclic) bond motifs is 4. The number of rotatable bonds is 4. The van der Waals surface area contributed by atoms with Gasteiger partial charge in [0.1, 0.15) is 11.9 Å². The second kappa shape index (κ2) is 7.23. The van der Waals surface area contributed by atoms with Crippen LogP contribution in [0.5, 0.6) is 0 Å². The minimum atomic E-state index is -0.0511. The van der Waals surface area contributed by atoms with Crippen LogP contribution >= 0.6 is 0 Å². The zero-order chi connectivity index (χ0) is 20.0. The molecule has 29 heavy (non-hydrogen) atoms. The summed E-state index contributed by atoms with van der Waals surface area (Å²) < 4.78 is 1.42. The van der Waals surface area contributed by atoms with Crippen LogP contribution in [0.2, 0.25) is 0 Å². The molecule has 0 aromatic carbocycles. The Hall–Kier alpha value is -2.78. The SMILES string of the molecule is CCC[C@H]1[C@H]2C[C@H](CN(C(=O)c3cn[nH]c3-n3cnnn3)C2)[C@@H]2CCCC(=O)N21. The molecule has 3 aliphatic heterocycles. The van der Waals surface area contributed by atoms with Crippen LogP contribution in [0.25, 0.3) is 5.82 Å². The quantitative estimate of drug-likeness (QED) is 0.823. The van der Waals surface area contributed by atoms with E-state index in [9.17, 15) is 9.59 Å². The maximum atomic E-state index is 13.4. The van der Waals surface area contributed by atoms with E-state index in [-0.39, 0.29) is 18.0 Å². The van der Waals surface area contributed by atoms with Crippen LogP contribution in [0.3, 0.4) is 0 Å². The molecular formula is C19H26N8O2. The highest BCUT2D eigenvalue weighted by Gasteiger charge is 2.49. The van der Waals surface area contributed by atoms with Gasteiger partial charge in [-0.05, 0) is 47.9 Å². The molecular weight excluding hydrogens is 372 g/mol. The number of carbonyl (C=O) groups excluding carboxylic acids is 2. The number of hydrogen-bond acceptors (Lipinski definition) is 6. The molecule has 2 aromatic heterocycles. The summed E-state index contributed by atoms with van der Waals surface area (Å²) in [6.45, 7) is 3.53. The van der Waals surface area contributed by atoms with Crippen molar-refractivity contribution in [3.05, 3.63) is 18.1 Å². The van der Waals surface area contributed by atoms with E-state index >= 15 is 0 Å². The molecule has 3 fully saturated rings. The van der Waals surface area contributed by atoms with Crippen molar-refractivity contribution in [2.45, 2.75) is 57.5 Å². The molecule has 10 heteroatoms. The topological polar surface area (TPSA) is 113 Å². The first-order valence-electron chi connectivity index (χ1n) is 10.5. The first-order chi connectivity index (χ1) is 14.2. The van der Waals surface area contributed by atoms with Gasteiger partial charge in [0, 0.05) is 31.6 Å². The fraction of sp³-hybridized carbons (Fsp3) is 0.684. The van der Waals surface area contributed by atoms with Crippen molar-refractivity contribution in [1.29, 1.82) is 0 Å². The molecule has 5 heterocycles. The molecule has 5 rings (SSSR count). The molecule has 2 bridgehead atoms. The van der Waals surface area contributed by atoms with Crippen LogP contribution in [-0.2, 0) is 4.79 Å². The normalized spacial score (nSPS) is 29.1. The Kier molecular flexibility index (Phi) is 4.56. The van der Waals surface area contributed by atoms with Crippen LogP contribution in [0.1, 0.15) is 55.8 Å². The number of aromatic amines is 1. The van der Waals surface area contributed by atoms with Crippen LogP contribution < -0.4 is 0 Å². The first kappa shape index (κ1) is 18.3. The van der Waals surface area contributed by atoms with Crippen LogP contribution in [0.4, 0.5) is 0 Å². The number of amides is 2. The molecule has 0 unspecified atom stereocenters. The van der Waals surface area contributed by atoms with E-state index in [0.717, 1.165) is 32.1 Å². The van der Waals surface area contributed by atoms with E-state index < -0.39 is 0 Å². The van der Waals surface area contributed by atoms with Gasteiger partial charge in [0.15, 0.2) is 5.82 Å². The Labute approximate surface area is 168 Å². The Morgan fingerprint density at radius 1 is 1.31 bits per heavy atom. The number of nitrogens with one attached hydrogen (secondary N) is 1. The highest BCUT2D eigenvalue weighted by atomic mass is 16.2. The summed E-state index contributed by atoms with van der Waals surface area (Å²) >= 11 is 0. The monoisotopic (exact) mass is 398 g/mol. The van der Waals surface area contributed by atoms with E-state index in [1.165, 1.54) is 11.0 Å². The zero-order valence-electron chi connectivity index (χ0n) is 16.6. The van der Waals surface area contributed by atoms with Crippen molar-refractivity contribution >= 4 is 11.8 Å². The van der Waals surface area contributed by atoms with Gasteiger partial charge in [0.2, 0.25) is 5.91 Å². The van der Waals surface area contributed by atoms with Gasteiger partial charge in [-0.15, -0.1) is 5.10 Å². The van der Waals surface area contributed by atoms with Crippen molar-refractivity contribution in [3.8, 4) is 5.82 Å². The highest BCUT2D eigenvalue weighted by molar-refractivity contribution is 5.97. The van der Waals surface area contributed by atoms with E-state index in [1.54, 1.807) is 6.20 Å². The summed E-state index contributed by atoms with van der Waals surface area (Å²) in [4.78, 5) is 30.3. The Morgan fingerprint density at radius 2 is 2.17 bits per heavy atom. The van der Waals surface area contributed by atoms with E-state index in [1.807, 2.05) is 4.90 Å². The number of nitrogens with zero attached hydrogens (tertiary/aromatic N) is 7. The van der Waals surface area contributed by atoms with Crippen LogP contribution in [0, 0.1) is 11.8 Å². The van der Waals surface area contributed by atoms with Crippen molar-refractivity contribution in [1.82, 2.24) is 40.2 Å². The summed E-state index contributed by atoms with van der Waals surface area (Å²) in [6, 6.07) is 0.510. The maximum Gasteiger partial charge on any atom is 0.259 e. The lowest BCUT2D eigenvalue weighted by molar-refractivity contribution is -0.152. The van der Waals surface area contributed by atoms with Crippen molar-refractivity contribution in [2.24, 2.45) is 11.8 Å². The van der Waals surface area contributed by atoms with Crippen molar-refractivity contribution in [2.75, 3.05) is 13.1 Å². The number of carbonyl (C=O) groups is 2. The molecule has 1 N–H and O–H groups in total. The summed E-state index contributed by atoms with van der Waals surface area (Å²) in [6.07, 6.45) is 8.82. The largest absolute Gasteiger partial charge is 0.338 e. The van der Waals surface area contributed by atoms with Gasteiger partial charge >= 0.3 is 0 Å². The standard InChI is InChI=1S/C19H26N8O2/c1-2-4-15-12-7-13(16-5-3-6-17(28)27(15)16)10-25(9-12)19(29)14-8-20-22-18(14)26-11-21-23-24-26/h8,11-13,15-16H,2-7,9-10H2,1H3,(H,20,22)/t12-,13+,15-,16-/m0/s1. The average Bonchev–Trinajstić information content (AvgIpc) is 3.42. The number of likely N-dealkylation sites (tertiary alicyclic amines) is 1. The Balaban J connectivity index is 1.42. The lowest BCUT2D eigenvalue weighted by Gasteiger charge is -2.56. The number of aromatic nitrogens is 6. The summed E-state index contributed by atoms with van der Waals surface area (Å²) in [5.74, 6) is 1.42. The minimum absolute atomic E-state index is 0.0511. The van der Waals surface area contributed by atoms with E-state index in [4.69, 9.17) is 0 Å². The third kappa shape index (κ3) is 3.01. The molecule has 0 spiro atoms. The molecule has 3 aliphatic rings. The van der Waals surface area contributed by atoms with Gasteiger partial charge in [0.05, 0.1) is 6.20 Å². The molecule has 10 nitrogen and oxygen atoms in total. The summed E-state index contributed by atoms with van der Waals surface area (Å²) in [7, 11) is 0. The average molecular weight is 398 g/mol. The van der Waals surface area contributed by atoms with E-state index in [0.29, 0.717) is 48.6 Å². The molecule has 154 valence electrons. The Bertz CT molecular complexity index is 894. The molecule has 0 saturated carbocycles. The fourth-order valence-corrected chi connectivity index (χ4v) is 5.65. The van der Waals surface area contributed by atoms with Gasteiger partial charge in [-0.1, -0.05) is 13.3 Å². The first-order valence-corrected chi connectivity index (χ1v) is 10.5. The third-order valence-corrected chi connectivity index (χ3v) is 6.80. The van der Waals surface area contributed by atoms with Gasteiger partial charge in [-0.2, -0.15) is 9.78 Å². The van der Waals surface area contributed by atoms with Gasteiger partial charge in [0.25, 0.3) is 5.91 Å². The van der Waals surface area contributed by atoms with Gasteiger partial charge in [-0.3, -0.25) is 14.7 Å². The van der Waals surface area contributed by atoms with Gasteiger partial charge in [-0.25, -0.2) is 0 Å². The van der Waals surface area contributed by atoms with Crippen LogP contribution in [0.15, 0.2) is 12.5 Å². The Morgan fingerprint density at radius 3 is 2.97 bits per heavy atom. The highest BCUT2D eigenvalue weighted by Crippen LogP contribution is 2.43. The lowest BCUT2D eigenvalue weighted by atomic mass is 9.71. The third-order valence-electron chi connectivity index (χ3n) is 6.80. The molecule has 0 radical (unpaired) electrons. The predicted octanol–water partition coefficient (Wildman–Crippen LogP) is 1.03. The molecule has 2 aromatic rings. The number of H-pyrrole nitrogens is 1.